The van der Waals surface area contributed by atoms with Gasteiger partial charge in [0.05, 0.1) is 6.61 Å². The van der Waals surface area contributed by atoms with E-state index in [1.807, 2.05) is 4.90 Å². The Morgan fingerprint density at radius 2 is 1.79 bits per heavy atom. The average molecular weight is 387 g/mol. The zero-order valence-corrected chi connectivity index (χ0v) is 15.6. The highest BCUT2D eigenvalue weighted by atomic mass is 19.1. The molecule has 3 rings (SSSR count). The van der Waals surface area contributed by atoms with Crippen LogP contribution < -0.4 is 10.2 Å². The molecule has 9 heteroatoms. The van der Waals surface area contributed by atoms with Crippen LogP contribution >= 0.6 is 0 Å². The maximum absolute atomic E-state index is 12.9. The molecule has 0 radical (unpaired) electrons. The largest absolute Gasteiger partial charge is 0.450 e. The molecule has 8 nitrogen and oxygen atoms in total. The first kappa shape index (κ1) is 19.5. The van der Waals surface area contributed by atoms with Crippen LogP contribution in [0.3, 0.4) is 0 Å². The number of rotatable bonds is 5. The maximum Gasteiger partial charge on any atom is 0.409 e. The molecule has 1 aliphatic rings. The predicted octanol–water partition coefficient (Wildman–Crippen LogP) is 1.82. The Bertz CT molecular complexity index is 805. The Hall–Kier alpha value is -3.23. The molecular formula is C19H22FN5O3. The number of hydrogen-bond donors (Lipinski definition) is 1. The highest BCUT2D eigenvalue weighted by molar-refractivity contribution is 5.92. The van der Waals surface area contributed by atoms with E-state index in [0.717, 1.165) is 5.56 Å². The molecule has 1 aromatic heterocycles. The molecular weight excluding hydrogens is 365 g/mol. The van der Waals surface area contributed by atoms with Crippen LogP contribution in [-0.4, -0.2) is 59.9 Å². The van der Waals surface area contributed by atoms with Crippen molar-refractivity contribution in [2.75, 3.05) is 37.7 Å². The Morgan fingerprint density at radius 3 is 2.39 bits per heavy atom. The van der Waals surface area contributed by atoms with Crippen LogP contribution in [-0.2, 0) is 11.3 Å². The van der Waals surface area contributed by atoms with Crippen LogP contribution in [0.4, 0.5) is 15.0 Å². The third kappa shape index (κ3) is 4.93. The predicted molar refractivity (Wildman–Crippen MR) is 100 cm³/mol. The summed E-state index contributed by atoms with van der Waals surface area (Å²) in [5.41, 5.74) is 0.995. The zero-order chi connectivity index (χ0) is 19.9. The number of benzene rings is 1. The van der Waals surface area contributed by atoms with Gasteiger partial charge in [0.25, 0.3) is 5.91 Å². The normalized spacial score (nSPS) is 13.9. The quantitative estimate of drug-likeness (QED) is 0.842. The molecule has 2 amide bonds. The van der Waals surface area contributed by atoms with Gasteiger partial charge in [0.2, 0.25) is 0 Å². The third-order valence-corrected chi connectivity index (χ3v) is 4.38. The lowest BCUT2D eigenvalue weighted by molar-refractivity contribution is 0.0944. The summed E-state index contributed by atoms with van der Waals surface area (Å²) in [6.07, 6.45) is -0.304. The van der Waals surface area contributed by atoms with E-state index < -0.39 is 0 Å². The van der Waals surface area contributed by atoms with E-state index in [1.165, 1.54) is 12.1 Å². The first-order valence-corrected chi connectivity index (χ1v) is 9.10. The van der Waals surface area contributed by atoms with E-state index in [2.05, 4.69) is 15.5 Å². The van der Waals surface area contributed by atoms with Gasteiger partial charge in [0.15, 0.2) is 11.5 Å². The average Bonchev–Trinajstić information content (AvgIpc) is 2.73. The van der Waals surface area contributed by atoms with Crippen LogP contribution in [0.15, 0.2) is 36.4 Å². The number of piperazine rings is 1. The van der Waals surface area contributed by atoms with E-state index in [0.29, 0.717) is 38.6 Å². The number of hydrogen-bond acceptors (Lipinski definition) is 6. The lowest BCUT2D eigenvalue weighted by Gasteiger charge is -2.34. The number of carbonyl (C=O) groups excluding carboxylic acids is 2. The van der Waals surface area contributed by atoms with Gasteiger partial charge in [-0.1, -0.05) is 12.1 Å². The van der Waals surface area contributed by atoms with E-state index in [9.17, 15) is 14.0 Å². The van der Waals surface area contributed by atoms with E-state index >= 15 is 0 Å². The number of aromatic nitrogens is 2. The van der Waals surface area contributed by atoms with Gasteiger partial charge < -0.3 is 19.9 Å². The van der Waals surface area contributed by atoms with Crippen molar-refractivity contribution in [3.63, 3.8) is 0 Å². The van der Waals surface area contributed by atoms with Gasteiger partial charge in [-0.2, -0.15) is 0 Å². The van der Waals surface area contributed by atoms with Crippen molar-refractivity contribution in [2.24, 2.45) is 0 Å². The number of carbonyl (C=O) groups is 2. The molecule has 0 aliphatic carbocycles. The summed E-state index contributed by atoms with van der Waals surface area (Å²) in [4.78, 5) is 27.6. The maximum atomic E-state index is 12.9. The number of ether oxygens (including phenoxy) is 1. The van der Waals surface area contributed by atoms with Crippen molar-refractivity contribution in [3.8, 4) is 0 Å². The molecule has 148 valence electrons. The molecule has 0 bridgehead atoms. The fourth-order valence-corrected chi connectivity index (χ4v) is 2.82. The van der Waals surface area contributed by atoms with Crippen LogP contribution in [0.1, 0.15) is 23.0 Å². The lowest BCUT2D eigenvalue weighted by atomic mass is 10.2. The highest BCUT2D eigenvalue weighted by Gasteiger charge is 2.23. The standard InChI is InChI=1S/C19H22FN5O3/c1-2-28-19(27)25-11-9-24(10-12-25)17-8-7-16(22-23-17)18(26)21-13-14-3-5-15(20)6-4-14/h3-8H,2,9-13H2,1H3,(H,21,26). The fourth-order valence-electron chi connectivity index (χ4n) is 2.82. The Labute approximate surface area is 162 Å². The summed E-state index contributed by atoms with van der Waals surface area (Å²) < 4.78 is 17.9. The molecule has 1 aliphatic heterocycles. The van der Waals surface area contributed by atoms with Gasteiger partial charge >= 0.3 is 6.09 Å². The van der Waals surface area contributed by atoms with Crippen molar-refractivity contribution < 1.29 is 18.7 Å². The minimum atomic E-state index is -0.351. The molecule has 0 unspecified atom stereocenters. The summed E-state index contributed by atoms with van der Waals surface area (Å²) in [6, 6.07) is 9.26. The van der Waals surface area contributed by atoms with Crippen molar-refractivity contribution in [2.45, 2.75) is 13.5 Å². The number of nitrogens with one attached hydrogen (secondary N) is 1. The fraction of sp³-hybridized carbons (Fsp3) is 0.368. The van der Waals surface area contributed by atoms with Gasteiger partial charge in [0.1, 0.15) is 5.82 Å². The van der Waals surface area contributed by atoms with E-state index in [4.69, 9.17) is 4.74 Å². The van der Waals surface area contributed by atoms with Crippen molar-refractivity contribution >= 4 is 17.8 Å². The molecule has 0 atom stereocenters. The first-order valence-electron chi connectivity index (χ1n) is 9.10. The smallest absolute Gasteiger partial charge is 0.409 e. The topological polar surface area (TPSA) is 87.7 Å². The minimum absolute atomic E-state index is 0.205. The summed E-state index contributed by atoms with van der Waals surface area (Å²) in [5, 5.41) is 10.9. The zero-order valence-electron chi connectivity index (χ0n) is 15.6. The second-order valence-electron chi connectivity index (χ2n) is 6.26. The molecule has 1 N–H and O–H groups in total. The molecule has 1 aromatic carbocycles. The van der Waals surface area contributed by atoms with Crippen molar-refractivity contribution in [1.29, 1.82) is 0 Å². The van der Waals surface area contributed by atoms with Gasteiger partial charge in [-0.05, 0) is 36.8 Å². The number of nitrogens with zero attached hydrogens (tertiary/aromatic N) is 4. The second kappa shape index (κ2) is 9.12. The number of halogens is 1. The van der Waals surface area contributed by atoms with Crippen LogP contribution in [0, 0.1) is 5.82 Å². The SMILES string of the molecule is CCOC(=O)N1CCN(c2ccc(C(=O)NCc3ccc(F)cc3)nn2)CC1. The molecule has 0 spiro atoms. The Balaban J connectivity index is 1.51. The molecule has 0 saturated carbocycles. The number of amides is 2. The van der Waals surface area contributed by atoms with Crippen LogP contribution in [0.25, 0.3) is 0 Å². The molecule has 2 aromatic rings. The van der Waals surface area contributed by atoms with E-state index in [1.54, 1.807) is 36.1 Å². The second-order valence-corrected chi connectivity index (χ2v) is 6.26. The Morgan fingerprint density at radius 1 is 1.07 bits per heavy atom. The summed E-state index contributed by atoms with van der Waals surface area (Å²) >= 11 is 0. The van der Waals surface area contributed by atoms with E-state index in [-0.39, 0.29) is 30.1 Å². The van der Waals surface area contributed by atoms with Gasteiger partial charge in [-0.25, -0.2) is 9.18 Å². The lowest BCUT2D eigenvalue weighted by Crippen LogP contribution is -2.49. The van der Waals surface area contributed by atoms with Gasteiger partial charge in [-0.3, -0.25) is 4.79 Å². The minimum Gasteiger partial charge on any atom is -0.450 e. The van der Waals surface area contributed by atoms with Crippen LogP contribution in [0.2, 0.25) is 0 Å². The summed E-state index contributed by atoms with van der Waals surface area (Å²) in [5.74, 6) is -0.0197. The summed E-state index contributed by atoms with van der Waals surface area (Å²) in [7, 11) is 0. The molecule has 1 fully saturated rings. The van der Waals surface area contributed by atoms with Gasteiger partial charge in [0, 0.05) is 32.7 Å². The summed E-state index contributed by atoms with van der Waals surface area (Å²) in [6.45, 7) is 4.72. The Kier molecular flexibility index (Phi) is 6.36. The highest BCUT2D eigenvalue weighted by Crippen LogP contribution is 2.13. The molecule has 28 heavy (non-hydrogen) atoms. The monoisotopic (exact) mass is 387 g/mol. The molecule has 2 heterocycles. The molecule has 1 saturated heterocycles. The first-order chi connectivity index (χ1) is 13.6. The van der Waals surface area contributed by atoms with Gasteiger partial charge in [-0.15, -0.1) is 10.2 Å². The van der Waals surface area contributed by atoms with Crippen molar-refractivity contribution in [3.05, 3.63) is 53.5 Å². The third-order valence-electron chi connectivity index (χ3n) is 4.38. The number of anilines is 1. The van der Waals surface area contributed by atoms with Crippen molar-refractivity contribution in [1.82, 2.24) is 20.4 Å². The van der Waals surface area contributed by atoms with Crippen LogP contribution in [0.5, 0.6) is 0 Å².